The molecule has 2 aromatic heterocycles. The fourth-order valence-electron chi connectivity index (χ4n) is 1.32. The fraction of sp³-hybridized carbons (Fsp3) is 0.333. The van der Waals surface area contributed by atoms with Crippen molar-refractivity contribution < 1.29 is 4.74 Å². The molecule has 2 rings (SSSR count). The van der Waals surface area contributed by atoms with Crippen molar-refractivity contribution in [1.82, 2.24) is 14.6 Å². The summed E-state index contributed by atoms with van der Waals surface area (Å²) in [5, 5.41) is 4.75. The maximum atomic E-state index is 6.02. The maximum Gasteiger partial charge on any atom is 0.157 e. The van der Waals surface area contributed by atoms with Gasteiger partial charge in [0.1, 0.15) is 5.15 Å². The molecule has 14 heavy (non-hydrogen) atoms. The van der Waals surface area contributed by atoms with E-state index in [0.717, 1.165) is 17.0 Å². The standard InChI is InChI=1S/C9H10ClN3O/c1-6-3-9-11-7(5-14-2)4-8(10)13(9)12-6/h3-4H,5H2,1-2H3. The lowest BCUT2D eigenvalue weighted by Crippen LogP contribution is -1.98. The normalized spacial score (nSPS) is 11.1. The Balaban J connectivity index is 2.59. The average molecular weight is 212 g/mol. The summed E-state index contributed by atoms with van der Waals surface area (Å²) in [5.74, 6) is 0. The summed E-state index contributed by atoms with van der Waals surface area (Å²) in [6.45, 7) is 2.36. The van der Waals surface area contributed by atoms with Crippen LogP contribution in [0.25, 0.3) is 5.65 Å². The SMILES string of the molecule is COCc1cc(Cl)n2nc(C)cc2n1. The number of aromatic nitrogens is 3. The highest BCUT2D eigenvalue weighted by Gasteiger charge is 2.05. The van der Waals surface area contributed by atoms with Crippen LogP contribution in [-0.2, 0) is 11.3 Å². The highest BCUT2D eigenvalue weighted by molar-refractivity contribution is 6.29. The summed E-state index contributed by atoms with van der Waals surface area (Å²) in [6.07, 6.45) is 0. The molecule has 0 fully saturated rings. The lowest BCUT2D eigenvalue weighted by molar-refractivity contribution is 0.181. The highest BCUT2D eigenvalue weighted by atomic mass is 35.5. The third-order valence-electron chi connectivity index (χ3n) is 1.85. The van der Waals surface area contributed by atoms with Gasteiger partial charge in [-0.05, 0) is 13.0 Å². The van der Waals surface area contributed by atoms with Crippen LogP contribution in [-0.4, -0.2) is 21.7 Å². The van der Waals surface area contributed by atoms with Gasteiger partial charge in [0.05, 0.1) is 18.0 Å². The van der Waals surface area contributed by atoms with Gasteiger partial charge in [-0.1, -0.05) is 11.6 Å². The van der Waals surface area contributed by atoms with E-state index in [9.17, 15) is 0 Å². The molecule has 5 heteroatoms. The second kappa shape index (κ2) is 3.55. The van der Waals surface area contributed by atoms with Crippen molar-refractivity contribution in [1.29, 1.82) is 0 Å². The average Bonchev–Trinajstić information content (AvgIpc) is 2.47. The molecule has 2 heterocycles. The van der Waals surface area contributed by atoms with E-state index in [-0.39, 0.29) is 0 Å². The first-order valence-corrected chi connectivity index (χ1v) is 4.59. The first-order chi connectivity index (χ1) is 6.70. The Morgan fingerprint density at radius 2 is 2.29 bits per heavy atom. The van der Waals surface area contributed by atoms with Gasteiger partial charge in [-0.25, -0.2) is 9.50 Å². The molecule has 0 saturated carbocycles. The van der Waals surface area contributed by atoms with Crippen LogP contribution in [0, 0.1) is 6.92 Å². The number of rotatable bonds is 2. The van der Waals surface area contributed by atoms with Crippen LogP contribution in [0.1, 0.15) is 11.4 Å². The van der Waals surface area contributed by atoms with Gasteiger partial charge in [0, 0.05) is 13.2 Å². The molecule has 2 aromatic rings. The number of hydrogen-bond acceptors (Lipinski definition) is 3. The van der Waals surface area contributed by atoms with Crippen LogP contribution in [0.4, 0.5) is 0 Å². The van der Waals surface area contributed by atoms with E-state index in [2.05, 4.69) is 10.1 Å². The van der Waals surface area contributed by atoms with Gasteiger partial charge in [0.15, 0.2) is 5.65 Å². The number of methoxy groups -OCH3 is 1. The quantitative estimate of drug-likeness (QED) is 0.712. The van der Waals surface area contributed by atoms with Gasteiger partial charge in [-0.2, -0.15) is 5.10 Å². The molecule has 0 aliphatic carbocycles. The second-order valence-corrected chi connectivity index (χ2v) is 3.45. The maximum absolute atomic E-state index is 6.02. The molecule has 0 N–H and O–H groups in total. The van der Waals surface area contributed by atoms with Crippen molar-refractivity contribution in [2.45, 2.75) is 13.5 Å². The van der Waals surface area contributed by atoms with Crippen LogP contribution < -0.4 is 0 Å². The minimum absolute atomic E-state index is 0.459. The van der Waals surface area contributed by atoms with E-state index >= 15 is 0 Å². The molecule has 0 bridgehead atoms. The summed E-state index contributed by atoms with van der Waals surface area (Å²) in [7, 11) is 1.63. The van der Waals surface area contributed by atoms with E-state index in [1.54, 1.807) is 17.7 Å². The Labute approximate surface area is 86.5 Å². The van der Waals surface area contributed by atoms with Crippen molar-refractivity contribution >= 4 is 17.2 Å². The molecule has 0 spiro atoms. The minimum atomic E-state index is 0.459. The van der Waals surface area contributed by atoms with Crippen LogP contribution in [0.5, 0.6) is 0 Å². The van der Waals surface area contributed by atoms with Gasteiger partial charge in [-0.3, -0.25) is 0 Å². The molecule has 0 unspecified atom stereocenters. The first kappa shape index (κ1) is 9.43. The molecule has 0 aromatic carbocycles. The molecule has 0 amide bonds. The van der Waals surface area contributed by atoms with Crippen LogP contribution in [0.2, 0.25) is 5.15 Å². The number of ether oxygens (including phenoxy) is 1. The lowest BCUT2D eigenvalue weighted by Gasteiger charge is -2.01. The Morgan fingerprint density at radius 1 is 1.50 bits per heavy atom. The molecular formula is C9H10ClN3O. The van der Waals surface area contributed by atoms with Gasteiger partial charge in [0.25, 0.3) is 0 Å². The molecular weight excluding hydrogens is 202 g/mol. The first-order valence-electron chi connectivity index (χ1n) is 4.21. The van der Waals surface area contributed by atoms with Crippen LogP contribution >= 0.6 is 11.6 Å². The van der Waals surface area contributed by atoms with Crippen molar-refractivity contribution in [2.75, 3.05) is 7.11 Å². The lowest BCUT2D eigenvalue weighted by atomic mass is 10.4. The largest absolute Gasteiger partial charge is 0.378 e. The monoisotopic (exact) mass is 211 g/mol. The molecule has 0 radical (unpaired) electrons. The van der Waals surface area contributed by atoms with Crippen molar-refractivity contribution in [3.8, 4) is 0 Å². The van der Waals surface area contributed by atoms with Crippen LogP contribution in [0.15, 0.2) is 12.1 Å². The van der Waals surface area contributed by atoms with Crippen LogP contribution in [0.3, 0.4) is 0 Å². The molecule has 0 saturated heterocycles. The summed E-state index contributed by atoms with van der Waals surface area (Å²) >= 11 is 6.02. The Bertz CT molecular complexity index is 466. The van der Waals surface area contributed by atoms with Crippen molar-refractivity contribution in [2.24, 2.45) is 0 Å². The van der Waals surface area contributed by atoms with E-state index in [0.29, 0.717) is 11.8 Å². The Morgan fingerprint density at radius 3 is 3.00 bits per heavy atom. The Hall–Kier alpha value is -1.13. The van der Waals surface area contributed by atoms with Crippen molar-refractivity contribution in [3.05, 3.63) is 28.7 Å². The highest BCUT2D eigenvalue weighted by Crippen LogP contribution is 2.14. The molecule has 4 nitrogen and oxygen atoms in total. The third kappa shape index (κ3) is 1.58. The van der Waals surface area contributed by atoms with Gasteiger partial charge >= 0.3 is 0 Å². The van der Waals surface area contributed by atoms with Crippen molar-refractivity contribution in [3.63, 3.8) is 0 Å². The predicted octanol–water partition coefficient (Wildman–Crippen LogP) is 1.84. The predicted molar refractivity (Wildman–Crippen MR) is 53.4 cm³/mol. The van der Waals surface area contributed by atoms with E-state index in [1.165, 1.54) is 0 Å². The van der Waals surface area contributed by atoms with E-state index < -0.39 is 0 Å². The molecule has 0 aliphatic heterocycles. The summed E-state index contributed by atoms with van der Waals surface area (Å²) in [5.41, 5.74) is 2.46. The summed E-state index contributed by atoms with van der Waals surface area (Å²) in [4.78, 5) is 4.34. The fourth-order valence-corrected chi connectivity index (χ4v) is 1.57. The second-order valence-electron chi connectivity index (χ2n) is 3.06. The van der Waals surface area contributed by atoms with Gasteiger partial charge in [-0.15, -0.1) is 0 Å². The molecule has 0 aliphatic rings. The van der Waals surface area contributed by atoms with E-state index in [4.69, 9.17) is 16.3 Å². The number of fused-ring (bicyclic) bond motifs is 1. The minimum Gasteiger partial charge on any atom is -0.378 e. The zero-order valence-electron chi connectivity index (χ0n) is 7.99. The van der Waals surface area contributed by atoms with E-state index in [1.807, 2.05) is 13.0 Å². The number of aryl methyl sites for hydroxylation is 1. The molecule has 0 atom stereocenters. The van der Waals surface area contributed by atoms with Gasteiger partial charge < -0.3 is 4.74 Å². The number of halogens is 1. The number of hydrogen-bond donors (Lipinski definition) is 0. The smallest absolute Gasteiger partial charge is 0.157 e. The zero-order chi connectivity index (χ0) is 10.1. The third-order valence-corrected chi connectivity index (χ3v) is 2.12. The summed E-state index contributed by atoms with van der Waals surface area (Å²) in [6, 6.07) is 3.63. The van der Waals surface area contributed by atoms with Gasteiger partial charge in [0.2, 0.25) is 0 Å². The zero-order valence-corrected chi connectivity index (χ0v) is 8.75. The molecule has 74 valence electrons. The summed E-state index contributed by atoms with van der Waals surface area (Å²) < 4.78 is 6.59. The topological polar surface area (TPSA) is 39.4 Å². The Kier molecular flexibility index (Phi) is 2.39. The number of nitrogens with zero attached hydrogens (tertiary/aromatic N) is 3.